The predicted molar refractivity (Wildman–Crippen MR) is 81.4 cm³/mol. The van der Waals surface area contributed by atoms with Crippen molar-refractivity contribution in [3.63, 3.8) is 0 Å². The van der Waals surface area contributed by atoms with Gasteiger partial charge in [-0.15, -0.1) is 0 Å². The van der Waals surface area contributed by atoms with Gasteiger partial charge in [0.1, 0.15) is 5.82 Å². The van der Waals surface area contributed by atoms with Crippen molar-refractivity contribution in [1.82, 2.24) is 14.9 Å². The van der Waals surface area contributed by atoms with Crippen LogP contribution in [-0.4, -0.2) is 22.1 Å². The highest BCUT2D eigenvalue weighted by Crippen LogP contribution is 2.17. The molecule has 104 valence electrons. The molecular weight excluding hydrogens is 234 g/mol. The lowest BCUT2D eigenvalue weighted by Crippen LogP contribution is -2.38. The highest BCUT2D eigenvalue weighted by molar-refractivity contribution is 5.75. The number of imidazole rings is 1. The lowest BCUT2D eigenvalue weighted by atomic mass is 10.0. The van der Waals surface area contributed by atoms with Gasteiger partial charge < -0.3 is 9.88 Å². The van der Waals surface area contributed by atoms with Crippen LogP contribution in [0.1, 0.15) is 33.0 Å². The number of benzene rings is 1. The zero-order valence-corrected chi connectivity index (χ0v) is 12.5. The Morgan fingerprint density at radius 2 is 2.00 bits per heavy atom. The minimum absolute atomic E-state index is 0.497. The van der Waals surface area contributed by atoms with Gasteiger partial charge in [-0.3, -0.25) is 0 Å². The van der Waals surface area contributed by atoms with Gasteiger partial charge in [0.05, 0.1) is 11.0 Å². The lowest BCUT2D eigenvalue weighted by Gasteiger charge is -2.23. The first-order valence-electron chi connectivity index (χ1n) is 7.28. The summed E-state index contributed by atoms with van der Waals surface area (Å²) in [5, 5.41) is 3.65. The molecule has 0 radical (unpaired) electrons. The quantitative estimate of drug-likeness (QED) is 0.862. The van der Waals surface area contributed by atoms with Crippen molar-refractivity contribution in [2.75, 3.05) is 6.54 Å². The van der Waals surface area contributed by atoms with E-state index in [1.165, 1.54) is 11.9 Å². The van der Waals surface area contributed by atoms with Gasteiger partial charge in [0.25, 0.3) is 0 Å². The van der Waals surface area contributed by atoms with E-state index >= 15 is 0 Å². The molecule has 1 N–H and O–H groups in total. The topological polar surface area (TPSA) is 29.9 Å². The van der Waals surface area contributed by atoms with E-state index in [2.05, 4.69) is 60.8 Å². The van der Waals surface area contributed by atoms with Gasteiger partial charge in [0.2, 0.25) is 0 Å². The second-order valence-electron chi connectivity index (χ2n) is 5.56. The summed E-state index contributed by atoms with van der Waals surface area (Å²) in [7, 11) is 0. The third-order valence-corrected chi connectivity index (χ3v) is 3.69. The van der Waals surface area contributed by atoms with Crippen molar-refractivity contribution in [3.05, 3.63) is 30.1 Å². The van der Waals surface area contributed by atoms with Gasteiger partial charge in [0.15, 0.2) is 0 Å². The molecule has 0 bridgehead atoms. The Balaban J connectivity index is 2.25. The van der Waals surface area contributed by atoms with Gasteiger partial charge in [-0.25, -0.2) is 4.98 Å². The molecule has 0 amide bonds. The summed E-state index contributed by atoms with van der Waals surface area (Å²) in [5.41, 5.74) is 2.34. The molecule has 19 heavy (non-hydrogen) atoms. The number of hydrogen-bond acceptors (Lipinski definition) is 2. The Hall–Kier alpha value is -1.35. The van der Waals surface area contributed by atoms with Crippen LogP contribution in [0.3, 0.4) is 0 Å². The SMILES string of the molecule is CCCNC(Cn1c(C)nc2ccccc21)C(C)C. The van der Waals surface area contributed by atoms with Crippen LogP contribution in [0.15, 0.2) is 24.3 Å². The summed E-state index contributed by atoms with van der Waals surface area (Å²) in [6.45, 7) is 10.9. The Morgan fingerprint density at radius 1 is 1.26 bits per heavy atom. The summed E-state index contributed by atoms with van der Waals surface area (Å²) in [6, 6.07) is 8.88. The third-order valence-electron chi connectivity index (χ3n) is 3.69. The fourth-order valence-electron chi connectivity index (χ4n) is 2.46. The zero-order chi connectivity index (χ0) is 13.8. The maximum atomic E-state index is 4.64. The summed E-state index contributed by atoms with van der Waals surface area (Å²) in [4.78, 5) is 4.64. The number of rotatable bonds is 6. The van der Waals surface area contributed by atoms with Gasteiger partial charge in [-0.2, -0.15) is 0 Å². The van der Waals surface area contributed by atoms with E-state index in [0.29, 0.717) is 12.0 Å². The number of hydrogen-bond donors (Lipinski definition) is 1. The molecule has 0 aliphatic carbocycles. The number of aromatic nitrogens is 2. The predicted octanol–water partition coefficient (Wildman–Crippen LogP) is 3.37. The van der Waals surface area contributed by atoms with Crippen molar-refractivity contribution in [3.8, 4) is 0 Å². The molecule has 2 aromatic rings. The van der Waals surface area contributed by atoms with E-state index in [-0.39, 0.29) is 0 Å². The molecule has 0 saturated carbocycles. The first kappa shape index (κ1) is 14.1. The van der Waals surface area contributed by atoms with Gasteiger partial charge >= 0.3 is 0 Å². The first-order valence-corrected chi connectivity index (χ1v) is 7.28. The molecule has 2 rings (SSSR count). The third kappa shape index (κ3) is 3.16. The molecular formula is C16H25N3. The molecule has 3 heteroatoms. The molecule has 1 aromatic heterocycles. The van der Waals surface area contributed by atoms with E-state index in [1.54, 1.807) is 0 Å². The number of nitrogens with one attached hydrogen (secondary N) is 1. The smallest absolute Gasteiger partial charge is 0.106 e. The molecule has 1 unspecified atom stereocenters. The van der Waals surface area contributed by atoms with Crippen LogP contribution in [0.25, 0.3) is 11.0 Å². The summed E-state index contributed by atoms with van der Waals surface area (Å²) in [5.74, 6) is 1.72. The maximum absolute atomic E-state index is 4.64. The number of para-hydroxylation sites is 2. The van der Waals surface area contributed by atoms with Crippen LogP contribution < -0.4 is 5.32 Å². The van der Waals surface area contributed by atoms with E-state index in [1.807, 2.05) is 6.07 Å². The molecule has 1 atom stereocenters. The largest absolute Gasteiger partial charge is 0.327 e. The maximum Gasteiger partial charge on any atom is 0.106 e. The van der Waals surface area contributed by atoms with Crippen molar-refractivity contribution < 1.29 is 0 Å². The van der Waals surface area contributed by atoms with E-state index in [4.69, 9.17) is 0 Å². The average Bonchev–Trinajstić information content (AvgIpc) is 2.70. The Kier molecular flexibility index (Phi) is 4.59. The lowest BCUT2D eigenvalue weighted by molar-refractivity contribution is 0.357. The Bertz CT molecular complexity index is 528. The minimum Gasteiger partial charge on any atom is -0.327 e. The molecule has 0 fully saturated rings. The zero-order valence-electron chi connectivity index (χ0n) is 12.5. The molecule has 1 heterocycles. The number of fused-ring (bicyclic) bond motifs is 1. The minimum atomic E-state index is 0.497. The monoisotopic (exact) mass is 259 g/mol. The summed E-state index contributed by atoms with van der Waals surface area (Å²) in [6.07, 6.45) is 1.17. The fourth-order valence-corrected chi connectivity index (χ4v) is 2.46. The van der Waals surface area contributed by atoms with Crippen molar-refractivity contribution in [2.45, 2.75) is 46.7 Å². The molecule has 0 aliphatic heterocycles. The Morgan fingerprint density at radius 3 is 2.68 bits per heavy atom. The molecule has 1 aromatic carbocycles. The van der Waals surface area contributed by atoms with E-state index in [0.717, 1.165) is 24.4 Å². The van der Waals surface area contributed by atoms with E-state index < -0.39 is 0 Å². The van der Waals surface area contributed by atoms with Gasteiger partial charge in [0, 0.05) is 12.6 Å². The molecule has 0 spiro atoms. The fraction of sp³-hybridized carbons (Fsp3) is 0.562. The number of nitrogens with zero attached hydrogens (tertiary/aromatic N) is 2. The molecule has 0 aliphatic rings. The normalized spacial score (nSPS) is 13.3. The van der Waals surface area contributed by atoms with Crippen LogP contribution in [0.4, 0.5) is 0 Å². The van der Waals surface area contributed by atoms with Crippen LogP contribution >= 0.6 is 0 Å². The second kappa shape index (κ2) is 6.20. The van der Waals surface area contributed by atoms with Gasteiger partial charge in [-0.05, 0) is 37.9 Å². The first-order chi connectivity index (χ1) is 9.13. The highest BCUT2D eigenvalue weighted by Gasteiger charge is 2.16. The van der Waals surface area contributed by atoms with Crippen LogP contribution in [-0.2, 0) is 6.54 Å². The van der Waals surface area contributed by atoms with Crippen molar-refractivity contribution >= 4 is 11.0 Å². The van der Waals surface area contributed by atoms with Crippen molar-refractivity contribution in [2.24, 2.45) is 5.92 Å². The summed E-state index contributed by atoms with van der Waals surface area (Å²) >= 11 is 0. The van der Waals surface area contributed by atoms with E-state index in [9.17, 15) is 0 Å². The average molecular weight is 259 g/mol. The van der Waals surface area contributed by atoms with Crippen LogP contribution in [0, 0.1) is 12.8 Å². The Labute approximate surface area is 116 Å². The highest BCUT2D eigenvalue weighted by atomic mass is 15.1. The molecule has 0 saturated heterocycles. The van der Waals surface area contributed by atoms with Gasteiger partial charge in [-0.1, -0.05) is 32.9 Å². The second-order valence-corrected chi connectivity index (χ2v) is 5.56. The summed E-state index contributed by atoms with van der Waals surface area (Å²) < 4.78 is 2.34. The van der Waals surface area contributed by atoms with Crippen LogP contribution in [0.2, 0.25) is 0 Å². The van der Waals surface area contributed by atoms with Crippen LogP contribution in [0.5, 0.6) is 0 Å². The number of aryl methyl sites for hydroxylation is 1. The molecule has 3 nitrogen and oxygen atoms in total. The van der Waals surface area contributed by atoms with Crippen molar-refractivity contribution in [1.29, 1.82) is 0 Å². The standard InChI is InChI=1S/C16H25N3/c1-5-10-17-15(12(2)3)11-19-13(4)18-14-8-6-7-9-16(14)19/h6-9,12,15,17H,5,10-11H2,1-4H3.